The molecule has 1 N–H and O–H groups in total. The summed E-state index contributed by atoms with van der Waals surface area (Å²) in [5, 5.41) is 12.0. The van der Waals surface area contributed by atoms with Crippen LogP contribution in [0.15, 0.2) is 46.8 Å². The Balaban J connectivity index is 1.16. The van der Waals surface area contributed by atoms with Crippen LogP contribution in [0, 0.1) is 30.1 Å². The first-order valence-corrected chi connectivity index (χ1v) is 20.7. The minimum atomic E-state index is -5.06. The topological polar surface area (TPSA) is 154 Å². The number of halogens is 6. The number of alkyl halides is 5. The lowest BCUT2D eigenvalue weighted by molar-refractivity contribution is -0.127. The number of carbonyl (C=O) groups excluding carboxylic acids is 1. The number of nitriles is 1. The molecule has 1 saturated carbocycles. The second-order valence-electron chi connectivity index (χ2n) is 14.2. The number of fused-ring (bicyclic) bond motifs is 2. The molecule has 2 fully saturated rings. The number of hydrogen-bond donors (Lipinski definition) is 1. The van der Waals surface area contributed by atoms with Crippen LogP contribution >= 0.6 is 22.9 Å². The molecule has 1 saturated heterocycles. The van der Waals surface area contributed by atoms with Gasteiger partial charge in [0.25, 0.3) is 17.4 Å². The van der Waals surface area contributed by atoms with Crippen molar-refractivity contribution in [1.29, 1.82) is 5.26 Å². The van der Waals surface area contributed by atoms with Gasteiger partial charge in [-0.1, -0.05) is 23.4 Å². The number of rotatable bonds is 8. The first-order chi connectivity index (χ1) is 27.3. The van der Waals surface area contributed by atoms with Crippen molar-refractivity contribution in [3.63, 3.8) is 0 Å². The van der Waals surface area contributed by atoms with Crippen LogP contribution in [-0.4, -0.2) is 88.8 Å². The number of hydrogen-bond acceptors (Lipinski definition) is 11. The van der Waals surface area contributed by atoms with Gasteiger partial charge in [-0.2, -0.15) is 18.4 Å². The van der Waals surface area contributed by atoms with Gasteiger partial charge in [0.2, 0.25) is 10.0 Å². The van der Waals surface area contributed by atoms with E-state index in [2.05, 4.69) is 37.8 Å². The fraction of sp³-hybridized carbons (Fsp3) is 0.368. The molecule has 2 aliphatic rings. The van der Waals surface area contributed by atoms with Crippen LogP contribution in [0.4, 0.5) is 27.8 Å². The van der Waals surface area contributed by atoms with Crippen LogP contribution in [0.2, 0.25) is 5.02 Å². The maximum Gasteiger partial charge on any atom is 0.404 e. The first kappa shape index (κ1) is 41.0. The van der Waals surface area contributed by atoms with E-state index in [1.165, 1.54) is 27.1 Å². The van der Waals surface area contributed by atoms with E-state index in [1.807, 2.05) is 4.90 Å². The summed E-state index contributed by atoms with van der Waals surface area (Å²) in [5.74, 6) is 0.584. The summed E-state index contributed by atoms with van der Waals surface area (Å²) < 4.78 is 92.4. The standard InChI is InChI=1S/C38H32ClF5N8O4S2/c1-21-48-30-18-47-34(50(2)24-8-12-51(13-9-24)25-15-37(40,41)16-25)28(17-45)31(30)36(54)52(21)11-3-4-22-5-6-23(39)14-27(22)26-7-10-46-32-29(19-57-33(26)32)35(53)49-58(55,56)20-38(42,43)44/h5-7,10,14,18-19,24-25H,8-9,11-13,15-16,20H2,1-2H3,(H,49,53). The number of nitrogens with zero attached hydrogens (tertiary/aromatic N) is 7. The van der Waals surface area contributed by atoms with Crippen LogP contribution in [-0.2, 0) is 16.6 Å². The molecule has 1 amide bonds. The lowest BCUT2D eigenvalue weighted by atomic mass is 9.85. The van der Waals surface area contributed by atoms with Crippen molar-refractivity contribution in [2.45, 2.75) is 63.3 Å². The molecule has 58 heavy (non-hydrogen) atoms. The molecule has 302 valence electrons. The van der Waals surface area contributed by atoms with E-state index in [1.54, 1.807) is 38.2 Å². The molecule has 1 aliphatic heterocycles. The predicted octanol–water partition coefficient (Wildman–Crippen LogP) is 6.27. The third-order valence-electron chi connectivity index (χ3n) is 10.3. The molecule has 0 unspecified atom stereocenters. The van der Waals surface area contributed by atoms with Crippen LogP contribution in [0.1, 0.15) is 53.0 Å². The van der Waals surface area contributed by atoms with Crippen LogP contribution in [0.25, 0.3) is 32.2 Å². The lowest BCUT2D eigenvalue weighted by Crippen LogP contribution is -2.55. The normalized spacial score (nSPS) is 16.4. The van der Waals surface area contributed by atoms with Gasteiger partial charge in [0.15, 0.2) is 5.75 Å². The Labute approximate surface area is 337 Å². The highest BCUT2D eigenvalue weighted by Crippen LogP contribution is 2.42. The van der Waals surface area contributed by atoms with E-state index in [-0.39, 0.29) is 59.0 Å². The fourth-order valence-electron chi connectivity index (χ4n) is 7.38. The van der Waals surface area contributed by atoms with Crippen molar-refractivity contribution < 1.29 is 35.2 Å². The zero-order chi connectivity index (χ0) is 41.7. The van der Waals surface area contributed by atoms with Crippen molar-refractivity contribution in [1.82, 2.24) is 29.1 Å². The molecule has 1 aromatic carbocycles. The molecule has 0 radical (unpaired) electrons. The van der Waals surface area contributed by atoms with Crippen molar-refractivity contribution in [2.24, 2.45) is 0 Å². The minimum absolute atomic E-state index is 0.0343. The highest BCUT2D eigenvalue weighted by atomic mass is 35.5. The molecule has 0 atom stereocenters. The Hall–Kier alpha value is -5.21. The van der Waals surface area contributed by atoms with Gasteiger partial charge >= 0.3 is 6.18 Å². The van der Waals surface area contributed by atoms with Crippen molar-refractivity contribution in [3.8, 4) is 29.0 Å². The summed E-state index contributed by atoms with van der Waals surface area (Å²) in [6.45, 7) is 2.76. The van der Waals surface area contributed by atoms with Gasteiger partial charge in [0, 0.05) is 78.4 Å². The van der Waals surface area contributed by atoms with Gasteiger partial charge in [-0.25, -0.2) is 31.9 Å². The number of aryl methyl sites for hydroxylation is 1. The second kappa shape index (κ2) is 15.5. The van der Waals surface area contributed by atoms with Gasteiger partial charge in [-0.05, 0) is 44.0 Å². The van der Waals surface area contributed by atoms with E-state index in [9.17, 15) is 45.2 Å². The number of nitrogens with one attached hydrogen (secondary N) is 1. The molecule has 0 spiro atoms. The Morgan fingerprint density at radius 3 is 2.55 bits per heavy atom. The summed E-state index contributed by atoms with van der Waals surface area (Å²) in [6.07, 6.45) is -1.18. The number of pyridine rings is 2. The second-order valence-corrected chi connectivity index (χ2v) is 17.2. The molecule has 20 heteroatoms. The highest BCUT2D eigenvalue weighted by Gasteiger charge is 2.48. The van der Waals surface area contributed by atoms with Crippen molar-refractivity contribution in [3.05, 3.63) is 79.9 Å². The lowest BCUT2D eigenvalue weighted by Gasteiger charge is -2.46. The zero-order valence-electron chi connectivity index (χ0n) is 30.7. The SMILES string of the molecule is Cc1nc2cnc(N(C)C3CCN(C4CC(F)(F)C4)CC3)c(C#N)c2c(=O)n1CC#Cc1ccc(Cl)cc1-c1ccnc2c(C(=O)NS(=O)(=O)CC(F)(F)F)csc12. The first-order valence-electron chi connectivity index (χ1n) is 17.8. The summed E-state index contributed by atoms with van der Waals surface area (Å²) in [6, 6.07) is 8.46. The van der Waals surface area contributed by atoms with Gasteiger partial charge < -0.3 is 4.90 Å². The Bertz CT molecular complexity index is 2740. The maximum atomic E-state index is 14.1. The smallest absolute Gasteiger partial charge is 0.355 e. The molecule has 5 heterocycles. The van der Waals surface area contributed by atoms with E-state index >= 15 is 0 Å². The van der Waals surface area contributed by atoms with E-state index in [0.717, 1.165) is 11.3 Å². The van der Waals surface area contributed by atoms with Crippen LogP contribution in [0.5, 0.6) is 0 Å². The Morgan fingerprint density at radius 1 is 1.16 bits per heavy atom. The van der Waals surface area contributed by atoms with Gasteiger partial charge in [-0.15, -0.1) is 11.3 Å². The Kier molecular flexibility index (Phi) is 11.0. The number of likely N-dealkylation sites (tertiary alicyclic amines) is 1. The quantitative estimate of drug-likeness (QED) is 0.140. The van der Waals surface area contributed by atoms with Crippen LogP contribution < -0.4 is 15.2 Å². The Morgan fingerprint density at radius 2 is 1.88 bits per heavy atom. The maximum absolute atomic E-state index is 14.1. The molecule has 12 nitrogen and oxygen atoms in total. The molecule has 0 bridgehead atoms. The molecule has 4 aromatic heterocycles. The molecule has 7 rings (SSSR count). The summed E-state index contributed by atoms with van der Waals surface area (Å²) in [5.41, 5.74) is 1.04. The third kappa shape index (κ3) is 8.35. The van der Waals surface area contributed by atoms with Crippen LogP contribution in [0.3, 0.4) is 0 Å². The number of aromatic nitrogens is 4. The fourth-order valence-corrected chi connectivity index (χ4v) is 9.49. The number of benzene rings is 1. The van der Waals surface area contributed by atoms with Gasteiger partial charge in [0.05, 0.1) is 39.4 Å². The number of piperidine rings is 1. The molecular weight excluding hydrogens is 827 g/mol. The van der Waals surface area contributed by atoms with Crippen molar-refractivity contribution >= 4 is 65.8 Å². The molecular formula is C38H32ClF5N8O4S2. The summed E-state index contributed by atoms with van der Waals surface area (Å²) >= 11 is 7.39. The van der Waals surface area contributed by atoms with E-state index < -0.39 is 39.3 Å². The monoisotopic (exact) mass is 858 g/mol. The largest absolute Gasteiger partial charge is 0.404 e. The number of anilines is 1. The summed E-state index contributed by atoms with van der Waals surface area (Å²) in [4.78, 5) is 44.1. The molecule has 1 aliphatic carbocycles. The average molecular weight is 859 g/mol. The number of thiophene rings is 1. The van der Waals surface area contributed by atoms with Gasteiger partial charge in [0.1, 0.15) is 23.3 Å². The number of carbonyl (C=O) groups is 1. The van der Waals surface area contributed by atoms with E-state index in [0.29, 0.717) is 64.0 Å². The van der Waals surface area contributed by atoms with E-state index in [4.69, 9.17) is 11.6 Å². The minimum Gasteiger partial charge on any atom is -0.355 e. The third-order valence-corrected chi connectivity index (χ3v) is 12.7. The summed E-state index contributed by atoms with van der Waals surface area (Å²) in [7, 11) is -3.23. The number of amides is 1. The zero-order valence-corrected chi connectivity index (χ0v) is 33.1. The molecule has 5 aromatic rings. The highest BCUT2D eigenvalue weighted by molar-refractivity contribution is 7.90. The number of sulfonamides is 1. The predicted molar refractivity (Wildman–Crippen MR) is 208 cm³/mol. The average Bonchev–Trinajstić information content (AvgIpc) is 3.58. The van der Waals surface area contributed by atoms with Gasteiger partial charge in [-0.3, -0.25) is 24.0 Å². The van der Waals surface area contributed by atoms with Crippen molar-refractivity contribution in [2.75, 3.05) is 30.8 Å².